The smallest absolute Gasteiger partial charge is 0.126 e. The van der Waals surface area contributed by atoms with Crippen LogP contribution in [0.15, 0.2) is 411 Å². The molecule has 16 unspecified atom stereocenters. The van der Waals surface area contributed by atoms with Crippen LogP contribution in [0.25, 0.3) is 17.7 Å². The quantitative estimate of drug-likeness (QED) is 0.0711. The molecule has 0 aromatic heterocycles. The molecule has 0 spiro atoms. The van der Waals surface area contributed by atoms with E-state index >= 15 is 8.78 Å². The van der Waals surface area contributed by atoms with Gasteiger partial charge in [-0.15, -0.1) is 0 Å². The van der Waals surface area contributed by atoms with Crippen LogP contribution in [0.4, 0.5) is 14.5 Å². The number of hydrogen-bond donors (Lipinski definition) is 0. The molecule has 7 heteroatoms. The van der Waals surface area contributed by atoms with Crippen LogP contribution in [0.2, 0.25) is 0 Å². The summed E-state index contributed by atoms with van der Waals surface area (Å²) in [5.74, 6) is 4.84. The average Bonchev–Trinajstić information content (AvgIpc) is 1.54. The lowest BCUT2D eigenvalue weighted by molar-refractivity contribution is 0.184. The van der Waals surface area contributed by atoms with Gasteiger partial charge in [-0.2, -0.15) is 0 Å². The predicted octanol–water partition coefficient (Wildman–Crippen LogP) is 28.1. The Hall–Kier alpha value is -12.6. The number of benzene rings is 8. The van der Waals surface area contributed by atoms with E-state index < -0.39 is 10.8 Å². The van der Waals surface area contributed by atoms with Crippen molar-refractivity contribution in [3.63, 3.8) is 0 Å². The number of allylic oxidation sites excluding steroid dienone is 28. The van der Waals surface area contributed by atoms with Gasteiger partial charge in [0, 0.05) is 87.7 Å². The Morgan fingerprint density at radius 1 is 0.512 bits per heavy atom. The molecular formula is C118H106F2N2O3. The van der Waals surface area contributed by atoms with Crippen LogP contribution in [0, 0.1) is 35.4 Å². The molecule has 0 radical (unpaired) electrons. The average molecular weight is 1640 g/mol. The molecule has 5 nitrogen and oxygen atoms in total. The second kappa shape index (κ2) is 33.2. The third kappa shape index (κ3) is 14.3. The summed E-state index contributed by atoms with van der Waals surface area (Å²) in [6.45, 7) is 7.98. The topological polar surface area (TPSA) is 34.2 Å². The minimum absolute atomic E-state index is 0.000793. The fourth-order valence-electron chi connectivity index (χ4n) is 24.5. The van der Waals surface area contributed by atoms with E-state index in [4.69, 9.17) is 14.2 Å². The van der Waals surface area contributed by atoms with Gasteiger partial charge >= 0.3 is 0 Å². The fraction of sp³-hybridized carbons (Fsp3) is 0.254. The van der Waals surface area contributed by atoms with Crippen LogP contribution in [-0.2, 0) is 17.3 Å². The zero-order valence-corrected chi connectivity index (χ0v) is 70.9. The number of anilines is 1. The first-order valence-electron chi connectivity index (χ1n) is 46.0. The van der Waals surface area contributed by atoms with Gasteiger partial charge in [0.1, 0.15) is 41.0 Å². The van der Waals surface area contributed by atoms with Crippen molar-refractivity contribution < 1.29 is 23.0 Å². The van der Waals surface area contributed by atoms with Crippen molar-refractivity contribution >= 4 is 23.4 Å². The first kappa shape index (κ1) is 78.4. The third-order valence-electron chi connectivity index (χ3n) is 30.4. The number of nitrogens with zero attached hydrogens (tertiary/aromatic N) is 2. The molecule has 620 valence electrons. The van der Waals surface area contributed by atoms with Crippen molar-refractivity contribution in [2.45, 2.75) is 155 Å². The van der Waals surface area contributed by atoms with Gasteiger partial charge in [-0.3, -0.25) is 0 Å². The van der Waals surface area contributed by atoms with Crippen molar-refractivity contribution in [3.05, 3.63) is 483 Å². The van der Waals surface area contributed by atoms with Crippen molar-refractivity contribution in [1.82, 2.24) is 4.90 Å². The molecule has 1 heterocycles. The number of rotatable bonds is 20. The first-order chi connectivity index (χ1) is 61.6. The predicted molar refractivity (Wildman–Crippen MR) is 507 cm³/mol. The second-order valence-corrected chi connectivity index (χ2v) is 36.9. The van der Waals surface area contributed by atoms with Crippen LogP contribution in [-0.4, -0.2) is 35.2 Å². The van der Waals surface area contributed by atoms with Gasteiger partial charge in [0.05, 0.1) is 24.0 Å². The summed E-state index contributed by atoms with van der Waals surface area (Å²) in [4.78, 5) is 5.53. The Morgan fingerprint density at radius 3 is 2.10 bits per heavy atom. The lowest BCUT2D eigenvalue weighted by atomic mass is 9.57. The monoisotopic (exact) mass is 1640 g/mol. The van der Waals surface area contributed by atoms with Gasteiger partial charge in [-0.25, -0.2) is 8.78 Å². The van der Waals surface area contributed by atoms with E-state index in [9.17, 15) is 0 Å². The van der Waals surface area contributed by atoms with Gasteiger partial charge < -0.3 is 24.0 Å². The summed E-state index contributed by atoms with van der Waals surface area (Å²) in [7, 11) is 0. The van der Waals surface area contributed by atoms with Crippen molar-refractivity contribution in [2.24, 2.45) is 29.6 Å². The molecule has 0 saturated carbocycles. The van der Waals surface area contributed by atoms with Gasteiger partial charge in [0.2, 0.25) is 0 Å². The van der Waals surface area contributed by atoms with Crippen LogP contribution in [0.1, 0.15) is 174 Å². The molecule has 14 aliphatic rings. The van der Waals surface area contributed by atoms with Gasteiger partial charge in [-0.05, 0) is 240 Å². The molecule has 13 aliphatic carbocycles. The Bertz CT molecular complexity index is 6200. The van der Waals surface area contributed by atoms with E-state index in [1.807, 2.05) is 42.5 Å². The summed E-state index contributed by atoms with van der Waals surface area (Å²) in [6.07, 6.45) is 78.9. The molecule has 8 aromatic carbocycles. The third-order valence-corrected chi connectivity index (χ3v) is 30.4. The molecule has 0 saturated heterocycles. The zero-order chi connectivity index (χ0) is 83.7. The summed E-state index contributed by atoms with van der Waals surface area (Å²) in [5, 5.41) is 0. The van der Waals surface area contributed by atoms with Crippen LogP contribution < -0.4 is 19.1 Å². The van der Waals surface area contributed by atoms with E-state index in [1.165, 1.54) is 95.0 Å². The normalized spacial score (nSPS) is 29.1. The van der Waals surface area contributed by atoms with Crippen molar-refractivity contribution in [2.75, 3.05) is 4.90 Å². The summed E-state index contributed by atoms with van der Waals surface area (Å²) >= 11 is 0. The maximum Gasteiger partial charge on any atom is 0.126 e. The highest BCUT2D eigenvalue weighted by molar-refractivity contribution is 5.72. The molecular weight excluding hydrogens is 1530 g/mol. The summed E-state index contributed by atoms with van der Waals surface area (Å²) in [5.41, 5.74) is 24.6. The highest BCUT2D eigenvalue weighted by Crippen LogP contribution is 2.65. The van der Waals surface area contributed by atoms with E-state index in [2.05, 4.69) is 333 Å². The minimum Gasteiger partial charge on any atom is -0.489 e. The first-order valence-corrected chi connectivity index (χ1v) is 46.0. The molecule has 125 heavy (non-hydrogen) atoms. The van der Waals surface area contributed by atoms with E-state index in [1.54, 1.807) is 12.1 Å². The second-order valence-electron chi connectivity index (χ2n) is 36.9. The van der Waals surface area contributed by atoms with Gasteiger partial charge in [0.15, 0.2) is 0 Å². The highest BCUT2D eigenvalue weighted by Gasteiger charge is 2.58. The number of halogens is 2. The van der Waals surface area contributed by atoms with Crippen LogP contribution in [0.5, 0.6) is 17.2 Å². The number of fused-ring (bicyclic) bond motifs is 10. The Labute approximate surface area is 736 Å². The maximum atomic E-state index is 15.7. The Kier molecular flexibility index (Phi) is 20.8. The van der Waals surface area contributed by atoms with Gasteiger partial charge in [0.25, 0.3) is 0 Å². The Morgan fingerprint density at radius 2 is 1.31 bits per heavy atom. The maximum absolute atomic E-state index is 15.7. The molecule has 0 bridgehead atoms. The van der Waals surface area contributed by atoms with E-state index in [0.717, 1.165) is 117 Å². The van der Waals surface area contributed by atoms with Gasteiger partial charge in [-0.1, -0.05) is 316 Å². The van der Waals surface area contributed by atoms with Crippen LogP contribution in [0.3, 0.4) is 0 Å². The number of ether oxygens (including phenoxy) is 3. The molecule has 1 aliphatic heterocycles. The largest absolute Gasteiger partial charge is 0.489 e. The highest BCUT2D eigenvalue weighted by atomic mass is 19.1. The SMILES string of the molecule is C=CC1=CCC(Oc2ccc(C3(C4CC=C(F)CC4)c4cc(N(C5C=CC(C6C=CC=C(c7ccccc7)C6)=CC5)C5C=Cc6cc7c(cc6C5)C5C=C(N(C6=CCC(C8=CC=CC(c9ccccc9)C8)C=C6)C6C=CC8c9ccccc9C(C9=CC=C(Oc%10ccc(C=C)cc%10)CC9)(c9ccc(F)cc9)C8C6)CCC5O7)ccc4C4C=CC=CC43)cc2)C=C1. The summed E-state index contributed by atoms with van der Waals surface area (Å²) in [6, 6.07) is 68.2. The zero-order valence-electron chi connectivity index (χ0n) is 70.9. The summed E-state index contributed by atoms with van der Waals surface area (Å²) < 4.78 is 52.0. The molecule has 0 amide bonds. The molecule has 16 atom stereocenters. The molecule has 22 rings (SSSR count). The minimum atomic E-state index is -0.566. The lowest BCUT2D eigenvalue weighted by Gasteiger charge is -2.47. The molecule has 0 N–H and O–H groups in total. The van der Waals surface area contributed by atoms with Crippen molar-refractivity contribution in [3.8, 4) is 17.2 Å². The number of hydrogen-bond acceptors (Lipinski definition) is 5. The lowest BCUT2D eigenvalue weighted by Crippen LogP contribution is -2.45. The molecule has 8 aromatic rings. The standard InChI is InChI=1S/C118H106F2N2O3/c1-3-77-29-58-101(59-30-77)123-103-62-42-91(43-63-103)117(89-38-46-93(119)47-39-89)111-27-13-11-25-105(111)107-66-55-99(75-113(107)117)121(95-50-33-81(34-51-95)85-23-15-21-83(69-85)79-17-7-5-8-18-79)97-54-37-87-73-116-109(72-88(87)71-97)110-74-98(57-68-115(110)125-116)122(96-52-35-82(36-53-96)86-24-16-22-84(70-86)80-19-9-6-10-20-80)100-56-67-108-106-26-12-14-28-112(106)118(114(108)76-100,90-40-48-94(120)49-41-90)92-44-64-104(65-45-92)124-102-60-31-78(4-2)32-61-102/h3-35,37,40-44,46,48-50,52-56,58,60-64,66-67,72-75,82,84-85,89,95,97,100-101,105,108,110-111,114-115H,1-2,36,38-39,45,47,51,57,59,65,68-71,76H2. The fourth-order valence-corrected chi connectivity index (χ4v) is 24.5. The van der Waals surface area contributed by atoms with E-state index in [0.29, 0.717) is 18.8 Å². The van der Waals surface area contributed by atoms with E-state index in [-0.39, 0.29) is 89.3 Å². The van der Waals surface area contributed by atoms with Crippen molar-refractivity contribution in [1.29, 1.82) is 0 Å². The molecule has 0 fully saturated rings. The van der Waals surface area contributed by atoms with Crippen LogP contribution >= 0.6 is 0 Å². The Balaban J connectivity index is 0.623.